The SMILES string of the molecule is NC1CCC2CN(C(=O)CCN3C(=O)COc4ccccc43)CC12. The van der Waals surface area contributed by atoms with Crippen LogP contribution < -0.4 is 15.4 Å². The van der Waals surface area contributed by atoms with Crippen molar-refractivity contribution < 1.29 is 14.3 Å². The van der Waals surface area contributed by atoms with Crippen LogP contribution in [-0.2, 0) is 9.59 Å². The fraction of sp³-hybridized carbons (Fsp3) is 0.556. The van der Waals surface area contributed by atoms with E-state index < -0.39 is 0 Å². The largest absolute Gasteiger partial charge is 0.482 e. The summed E-state index contributed by atoms with van der Waals surface area (Å²) < 4.78 is 5.43. The zero-order valence-electron chi connectivity index (χ0n) is 13.7. The average molecular weight is 329 g/mol. The van der Waals surface area contributed by atoms with Crippen LogP contribution in [0.3, 0.4) is 0 Å². The predicted molar refractivity (Wildman–Crippen MR) is 89.7 cm³/mol. The fourth-order valence-corrected chi connectivity index (χ4v) is 4.28. The highest BCUT2D eigenvalue weighted by Gasteiger charge is 2.42. The number of rotatable bonds is 3. The molecule has 2 aliphatic heterocycles. The lowest BCUT2D eigenvalue weighted by Gasteiger charge is -2.29. The van der Waals surface area contributed by atoms with Gasteiger partial charge in [-0.2, -0.15) is 0 Å². The van der Waals surface area contributed by atoms with E-state index in [1.165, 1.54) is 0 Å². The second-order valence-corrected chi connectivity index (χ2v) is 7.02. The summed E-state index contributed by atoms with van der Waals surface area (Å²) in [5.74, 6) is 1.75. The molecule has 1 saturated carbocycles. The third-order valence-corrected chi connectivity index (χ3v) is 5.62. The van der Waals surface area contributed by atoms with E-state index in [1.807, 2.05) is 29.2 Å². The number of amides is 2. The molecular weight excluding hydrogens is 306 g/mol. The molecule has 128 valence electrons. The molecule has 24 heavy (non-hydrogen) atoms. The third kappa shape index (κ3) is 2.65. The summed E-state index contributed by atoms with van der Waals surface area (Å²) in [4.78, 5) is 28.3. The van der Waals surface area contributed by atoms with E-state index >= 15 is 0 Å². The Morgan fingerprint density at radius 2 is 2.08 bits per heavy atom. The van der Waals surface area contributed by atoms with Gasteiger partial charge in [-0.1, -0.05) is 12.1 Å². The number of para-hydroxylation sites is 2. The molecule has 1 aromatic carbocycles. The van der Waals surface area contributed by atoms with Crippen molar-refractivity contribution >= 4 is 17.5 Å². The van der Waals surface area contributed by atoms with Crippen LogP contribution in [0.4, 0.5) is 5.69 Å². The number of hydrogen-bond donors (Lipinski definition) is 1. The number of nitrogens with two attached hydrogens (primary N) is 1. The van der Waals surface area contributed by atoms with Crippen molar-refractivity contribution in [2.75, 3.05) is 31.1 Å². The van der Waals surface area contributed by atoms with E-state index in [-0.39, 0.29) is 24.5 Å². The first-order chi connectivity index (χ1) is 11.6. The molecular formula is C18H23N3O3. The van der Waals surface area contributed by atoms with Crippen LogP contribution in [0.2, 0.25) is 0 Å². The first-order valence-electron chi connectivity index (χ1n) is 8.69. The van der Waals surface area contributed by atoms with Gasteiger partial charge in [-0.05, 0) is 36.8 Å². The molecule has 3 atom stereocenters. The summed E-state index contributed by atoms with van der Waals surface area (Å²) in [6.07, 6.45) is 2.55. The Hall–Kier alpha value is -2.08. The summed E-state index contributed by atoms with van der Waals surface area (Å²) in [5.41, 5.74) is 6.89. The molecule has 6 heteroatoms. The summed E-state index contributed by atoms with van der Waals surface area (Å²) >= 11 is 0. The number of benzene rings is 1. The van der Waals surface area contributed by atoms with Crippen molar-refractivity contribution in [3.05, 3.63) is 24.3 Å². The number of carbonyl (C=O) groups excluding carboxylic acids is 2. The molecule has 2 heterocycles. The monoisotopic (exact) mass is 329 g/mol. The van der Waals surface area contributed by atoms with E-state index in [4.69, 9.17) is 10.5 Å². The van der Waals surface area contributed by atoms with Crippen LogP contribution in [0.25, 0.3) is 0 Å². The molecule has 3 aliphatic rings. The normalized spacial score (nSPS) is 28.5. The van der Waals surface area contributed by atoms with Gasteiger partial charge >= 0.3 is 0 Å². The number of ether oxygens (including phenoxy) is 1. The lowest BCUT2D eigenvalue weighted by molar-refractivity contribution is -0.130. The van der Waals surface area contributed by atoms with Gasteiger partial charge < -0.3 is 20.3 Å². The second-order valence-electron chi connectivity index (χ2n) is 7.02. The summed E-state index contributed by atoms with van der Waals surface area (Å²) in [5, 5.41) is 0. The molecule has 1 aromatic rings. The average Bonchev–Trinajstić information content (AvgIpc) is 3.16. The number of hydrogen-bond acceptors (Lipinski definition) is 4. The number of likely N-dealkylation sites (tertiary alicyclic amines) is 1. The predicted octanol–water partition coefficient (Wildman–Crippen LogP) is 0.998. The van der Waals surface area contributed by atoms with E-state index in [0.29, 0.717) is 30.6 Å². The molecule has 4 rings (SSSR count). The molecule has 6 nitrogen and oxygen atoms in total. The molecule has 2 fully saturated rings. The molecule has 0 radical (unpaired) electrons. The Balaban J connectivity index is 1.39. The molecule has 0 aromatic heterocycles. The molecule has 0 spiro atoms. The second kappa shape index (κ2) is 6.09. The lowest BCUT2D eigenvalue weighted by Crippen LogP contribution is -2.41. The van der Waals surface area contributed by atoms with Crippen molar-refractivity contribution in [2.24, 2.45) is 17.6 Å². The smallest absolute Gasteiger partial charge is 0.265 e. The molecule has 3 unspecified atom stereocenters. The van der Waals surface area contributed by atoms with Crippen molar-refractivity contribution in [3.8, 4) is 5.75 Å². The standard InChI is InChI=1S/C18H23N3O3/c19-14-6-5-12-9-20(10-13(12)14)17(22)7-8-21-15-3-1-2-4-16(15)24-11-18(21)23/h1-4,12-14H,5-11,19H2. The highest BCUT2D eigenvalue weighted by Crippen LogP contribution is 2.37. The van der Waals surface area contributed by atoms with Crippen LogP contribution in [0.1, 0.15) is 19.3 Å². The first kappa shape index (κ1) is 15.4. The van der Waals surface area contributed by atoms with E-state index in [1.54, 1.807) is 4.90 Å². The summed E-state index contributed by atoms with van der Waals surface area (Å²) in [6, 6.07) is 7.69. The van der Waals surface area contributed by atoms with Gasteiger partial charge in [0.15, 0.2) is 6.61 Å². The van der Waals surface area contributed by atoms with E-state index in [0.717, 1.165) is 31.6 Å². The molecule has 0 bridgehead atoms. The van der Waals surface area contributed by atoms with Crippen LogP contribution >= 0.6 is 0 Å². The first-order valence-corrected chi connectivity index (χ1v) is 8.69. The maximum absolute atomic E-state index is 12.6. The van der Waals surface area contributed by atoms with Crippen LogP contribution in [0.5, 0.6) is 5.75 Å². The van der Waals surface area contributed by atoms with Gasteiger partial charge in [-0.3, -0.25) is 9.59 Å². The minimum atomic E-state index is -0.0955. The molecule has 2 N–H and O–H groups in total. The molecule has 1 saturated heterocycles. The fourth-order valence-electron chi connectivity index (χ4n) is 4.28. The topological polar surface area (TPSA) is 75.9 Å². The van der Waals surface area contributed by atoms with Gasteiger partial charge in [0.25, 0.3) is 5.91 Å². The van der Waals surface area contributed by atoms with Gasteiger partial charge in [-0.15, -0.1) is 0 Å². The molecule has 1 aliphatic carbocycles. The summed E-state index contributed by atoms with van der Waals surface area (Å²) in [7, 11) is 0. The lowest BCUT2D eigenvalue weighted by atomic mass is 9.98. The number of anilines is 1. The van der Waals surface area contributed by atoms with Gasteiger partial charge in [0.2, 0.25) is 5.91 Å². The zero-order valence-corrected chi connectivity index (χ0v) is 13.7. The highest BCUT2D eigenvalue weighted by atomic mass is 16.5. The van der Waals surface area contributed by atoms with Crippen molar-refractivity contribution in [2.45, 2.75) is 25.3 Å². The Bertz CT molecular complexity index is 663. The zero-order chi connectivity index (χ0) is 16.7. The van der Waals surface area contributed by atoms with Crippen molar-refractivity contribution in [1.29, 1.82) is 0 Å². The number of fused-ring (bicyclic) bond motifs is 2. The third-order valence-electron chi connectivity index (χ3n) is 5.62. The van der Waals surface area contributed by atoms with E-state index in [9.17, 15) is 9.59 Å². The minimum absolute atomic E-state index is 0.0356. The maximum Gasteiger partial charge on any atom is 0.265 e. The van der Waals surface area contributed by atoms with Crippen LogP contribution in [-0.4, -0.2) is 49.0 Å². The van der Waals surface area contributed by atoms with Crippen LogP contribution in [0.15, 0.2) is 24.3 Å². The Morgan fingerprint density at radius 3 is 2.92 bits per heavy atom. The quantitative estimate of drug-likeness (QED) is 0.897. The van der Waals surface area contributed by atoms with Gasteiger partial charge in [0.05, 0.1) is 5.69 Å². The molecule has 2 amide bonds. The van der Waals surface area contributed by atoms with Gasteiger partial charge in [-0.25, -0.2) is 0 Å². The minimum Gasteiger partial charge on any atom is -0.482 e. The van der Waals surface area contributed by atoms with Crippen LogP contribution in [0, 0.1) is 11.8 Å². The van der Waals surface area contributed by atoms with Crippen molar-refractivity contribution in [3.63, 3.8) is 0 Å². The number of carbonyl (C=O) groups is 2. The Kier molecular flexibility index (Phi) is 3.92. The van der Waals surface area contributed by atoms with Gasteiger partial charge in [0, 0.05) is 32.1 Å². The summed E-state index contributed by atoms with van der Waals surface area (Å²) in [6.45, 7) is 2.03. The maximum atomic E-state index is 12.6. The Labute approximate surface area is 141 Å². The van der Waals surface area contributed by atoms with Crippen molar-refractivity contribution in [1.82, 2.24) is 4.90 Å². The van der Waals surface area contributed by atoms with Gasteiger partial charge in [0.1, 0.15) is 5.75 Å². The number of nitrogens with zero attached hydrogens (tertiary/aromatic N) is 2. The Morgan fingerprint density at radius 1 is 1.25 bits per heavy atom. The van der Waals surface area contributed by atoms with E-state index in [2.05, 4.69) is 0 Å². The highest BCUT2D eigenvalue weighted by molar-refractivity contribution is 5.98.